The fraction of sp³-hybridized carbons (Fsp3) is 0.800. The van der Waals surface area contributed by atoms with E-state index in [2.05, 4.69) is 5.10 Å². The Labute approximate surface area is 56.1 Å². The second-order valence-electron chi connectivity index (χ2n) is 2.27. The summed E-state index contributed by atoms with van der Waals surface area (Å²) in [6.07, 6.45) is -4.19. The number of alkyl halides is 3. The second kappa shape index (κ2) is 2.14. The molecule has 0 aliphatic carbocycles. The smallest absolute Gasteiger partial charge is 0.298 e. The fourth-order valence-corrected chi connectivity index (χ4v) is 0.764. The van der Waals surface area contributed by atoms with Crippen LogP contribution in [0.5, 0.6) is 0 Å². The Balaban J connectivity index is 2.50. The third kappa shape index (κ3) is 1.40. The molecule has 0 bridgehead atoms. The number of hydrogen-bond donors (Lipinski definition) is 1. The zero-order valence-electron chi connectivity index (χ0n) is 5.37. The first kappa shape index (κ1) is 7.37. The third-order valence-corrected chi connectivity index (χ3v) is 1.31. The van der Waals surface area contributed by atoms with Crippen molar-refractivity contribution in [2.45, 2.75) is 25.6 Å². The molecular formula is C5H7F3N2. The fourth-order valence-electron chi connectivity index (χ4n) is 0.764. The number of hydrogen-bond acceptors (Lipinski definition) is 2. The van der Waals surface area contributed by atoms with E-state index < -0.39 is 12.2 Å². The summed E-state index contributed by atoms with van der Waals surface area (Å²) in [5.74, 6) is 0. The Bertz CT molecular complexity index is 161. The van der Waals surface area contributed by atoms with E-state index in [1.54, 1.807) is 6.92 Å². The average molecular weight is 152 g/mol. The lowest BCUT2D eigenvalue weighted by Crippen LogP contribution is -2.36. The molecule has 58 valence electrons. The highest BCUT2D eigenvalue weighted by Crippen LogP contribution is 2.24. The highest BCUT2D eigenvalue weighted by atomic mass is 19.4. The molecule has 0 saturated heterocycles. The number of nitrogens with one attached hydrogen (secondary N) is 1. The van der Waals surface area contributed by atoms with Gasteiger partial charge < -0.3 is 0 Å². The van der Waals surface area contributed by atoms with Gasteiger partial charge in [-0.1, -0.05) is 0 Å². The van der Waals surface area contributed by atoms with E-state index >= 15 is 0 Å². The number of nitrogens with zero attached hydrogens (tertiary/aromatic N) is 1. The molecule has 1 N–H and O–H groups in total. The van der Waals surface area contributed by atoms with Gasteiger partial charge in [0.1, 0.15) is 6.04 Å². The summed E-state index contributed by atoms with van der Waals surface area (Å²) in [4.78, 5) is 0. The van der Waals surface area contributed by atoms with Crippen molar-refractivity contribution in [1.82, 2.24) is 5.43 Å². The van der Waals surface area contributed by atoms with Gasteiger partial charge in [0.2, 0.25) is 0 Å². The molecule has 1 aliphatic rings. The summed E-state index contributed by atoms with van der Waals surface area (Å²) in [5.41, 5.74) is 2.51. The predicted octanol–water partition coefficient (Wildman–Crippen LogP) is 1.29. The lowest BCUT2D eigenvalue weighted by Gasteiger charge is -2.12. The molecule has 0 radical (unpaired) electrons. The zero-order chi connectivity index (χ0) is 7.78. The topological polar surface area (TPSA) is 24.4 Å². The largest absolute Gasteiger partial charge is 0.410 e. The standard InChI is InChI=1S/C5H7F3N2/c1-3-2-4(10-9-3)5(6,7)8/h4,10H,2H2,1H3. The van der Waals surface area contributed by atoms with E-state index in [4.69, 9.17) is 0 Å². The second-order valence-corrected chi connectivity index (χ2v) is 2.27. The molecule has 1 heterocycles. The minimum atomic E-state index is -4.17. The lowest BCUT2D eigenvalue weighted by molar-refractivity contribution is -0.152. The van der Waals surface area contributed by atoms with Gasteiger partial charge in [0, 0.05) is 12.1 Å². The Morgan fingerprint density at radius 1 is 1.60 bits per heavy atom. The maximum atomic E-state index is 11.8. The lowest BCUT2D eigenvalue weighted by atomic mass is 10.2. The first-order valence-electron chi connectivity index (χ1n) is 2.85. The van der Waals surface area contributed by atoms with Crippen LogP contribution in [0.1, 0.15) is 13.3 Å². The maximum absolute atomic E-state index is 11.8. The van der Waals surface area contributed by atoms with Crippen molar-refractivity contribution < 1.29 is 13.2 Å². The molecule has 0 aromatic carbocycles. The van der Waals surface area contributed by atoms with Gasteiger partial charge in [-0.05, 0) is 6.92 Å². The Kier molecular flexibility index (Phi) is 1.58. The minimum absolute atomic E-state index is 0.0243. The maximum Gasteiger partial charge on any atom is 0.410 e. The molecule has 1 atom stereocenters. The van der Waals surface area contributed by atoms with E-state index in [1.165, 1.54) is 0 Å². The van der Waals surface area contributed by atoms with Gasteiger partial charge in [0.05, 0.1) is 0 Å². The Hall–Kier alpha value is -0.740. The van der Waals surface area contributed by atoms with Crippen LogP contribution in [0.4, 0.5) is 13.2 Å². The van der Waals surface area contributed by atoms with Gasteiger partial charge in [-0.2, -0.15) is 18.3 Å². The number of rotatable bonds is 0. The average Bonchev–Trinajstić information content (AvgIpc) is 2.11. The molecule has 1 rings (SSSR count). The molecule has 5 heteroatoms. The van der Waals surface area contributed by atoms with Crippen molar-refractivity contribution >= 4 is 5.71 Å². The van der Waals surface area contributed by atoms with Gasteiger partial charge in [-0.3, -0.25) is 5.43 Å². The molecule has 10 heavy (non-hydrogen) atoms. The van der Waals surface area contributed by atoms with Crippen molar-refractivity contribution in [1.29, 1.82) is 0 Å². The summed E-state index contributed by atoms with van der Waals surface area (Å²) < 4.78 is 35.4. The van der Waals surface area contributed by atoms with Crippen LogP contribution in [0.3, 0.4) is 0 Å². The van der Waals surface area contributed by atoms with Crippen LogP contribution in [0.15, 0.2) is 5.10 Å². The van der Waals surface area contributed by atoms with E-state index in [9.17, 15) is 13.2 Å². The van der Waals surface area contributed by atoms with Gasteiger partial charge in [0.25, 0.3) is 0 Å². The zero-order valence-corrected chi connectivity index (χ0v) is 5.37. The monoisotopic (exact) mass is 152 g/mol. The van der Waals surface area contributed by atoms with Gasteiger partial charge in [0.15, 0.2) is 0 Å². The van der Waals surface area contributed by atoms with Crippen molar-refractivity contribution in [2.24, 2.45) is 5.10 Å². The van der Waals surface area contributed by atoms with Crippen molar-refractivity contribution in [3.05, 3.63) is 0 Å². The Morgan fingerprint density at radius 2 is 2.20 bits per heavy atom. The molecule has 0 spiro atoms. The molecule has 0 aromatic heterocycles. The van der Waals surface area contributed by atoms with Crippen LogP contribution in [0.25, 0.3) is 0 Å². The van der Waals surface area contributed by atoms with Gasteiger partial charge in [-0.25, -0.2) is 0 Å². The summed E-state index contributed by atoms with van der Waals surface area (Å²) in [7, 11) is 0. The van der Waals surface area contributed by atoms with Crippen LogP contribution >= 0.6 is 0 Å². The highest BCUT2D eigenvalue weighted by Gasteiger charge is 2.41. The van der Waals surface area contributed by atoms with Crippen LogP contribution in [-0.2, 0) is 0 Å². The van der Waals surface area contributed by atoms with Crippen LogP contribution in [0, 0.1) is 0 Å². The number of halogens is 3. The van der Waals surface area contributed by atoms with Crippen molar-refractivity contribution in [3.8, 4) is 0 Å². The normalized spacial score (nSPS) is 26.0. The first-order valence-corrected chi connectivity index (χ1v) is 2.85. The Morgan fingerprint density at radius 3 is 2.40 bits per heavy atom. The highest BCUT2D eigenvalue weighted by molar-refractivity contribution is 5.83. The van der Waals surface area contributed by atoms with Gasteiger partial charge >= 0.3 is 6.18 Å². The summed E-state index contributed by atoms with van der Waals surface area (Å²) in [6, 6.07) is -1.47. The molecular weight excluding hydrogens is 145 g/mol. The molecule has 0 saturated carbocycles. The quantitative estimate of drug-likeness (QED) is 0.555. The van der Waals surface area contributed by atoms with E-state index in [0.29, 0.717) is 5.71 Å². The van der Waals surface area contributed by atoms with E-state index in [0.717, 1.165) is 0 Å². The van der Waals surface area contributed by atoms with Crippen molar-refractivity contribution in [3.63, 3.8) is 0 Å². The van der Waals surface area contributed by atoms with Gasteiger partial charge in [-0.15, -0.1) is 0 Å². The number of hydrazone groups is 1. The SMILES string of the molecule is CC1=NNC(C(F)(F)F)C1. The first-order chi connectivity index (χ1) is 4.50. The summed E-state index contributed by atoms with van der Waals surface area (Å²) >= 11 is 0. The van der Waals surface area contributed by atoms with E-state index in [1.807, 2.05) is 5.43 Å². The molecule has 1 unspecified atom stereocenters. The van der Waals surface area contributed by atoms with E-state index in [-0.39, 0.29) is 6.42 Å². The predicted molar refractivity (Wildman–Crippen MR) is 30.7 cm³/mol. The summed E-state index contributed by atoms with van der Waals surface area (Å²) in [5, 5.41) is 3.43. The van der Waals surface area contributed by atoms with Crippen molar-refractivity contribution in [2.75, 3.05) is 0 Å². The summed E-state index contributed by atoms with van der Waals surface area (Å²) in [6.45, 7) is 1.57. The molecule has 2 nitrogen and oxygen atoms in total. The van der Waals surface area contributed by atoms with Crippen LogP contribution in [-0.4, -0.2) is 17.9 Å². The third-order valence-electron chi connectivity index (χ3n) is 1.31. The molecule has 0 amide bonds. The molecule has 0 aromatic rings. The van der Waals surface area contributed by atoms with Crippen LogP contribution < -0.4 is 5.43 Å². The van der Waals surface area contributed by atoms with Crippen LogP contribution in [0.2, 0.25) is 0 Å². The molecule has 0 fully saturated rings. The minimum Gasteiger partial charge on any atom is -0.298 e. The molecule has 1 aliphatic heterocycles.